The van der Waals surface area contributed by atoms with Gasteiger partial charge in [-0.3, -0.25) is 0 Å². The third-order valence-corrected chi connectivity index (χ3v) is 1.53. The van der Waals surface area contributed by atoms with Crippen LogP contribution in [0.5, 0.6) is 0 Å². The summed E-state index contributed by atoms with van der Waals surface area (Å²) in [6.45, 7) is 18.1. The summed E-state index contributed by atoms with van der Waals surface area (Å²) in [5.74, 6) is 0. The Morgan fingerprint density at radius 3 is 2.00 bits per heavy atom. The zero-order valence-electron chi connectivity index (χ0n) is 9.45. The number of hydrogen-bond acceptors (Lipinski definition) is 1. The zero-order chi connectivity index (χ0) is 12.3. The monoisotopic (exact) mass is 202 g/mol. The van der Waals surface area contributed by atoms with Gasteiger partial charge in [0, 0.05) is 0 Å². The SMILES string of the molecule is C=C.C=C/C=C\C(=C)B(O)C(=C)/C=C\C. The summed E-state index contributed by atoms with van der Waals surface area (Å²) in [7, 11) is 0. The Balaban J connectivity index is 0. The molecule has 0 aromatic heterocycles. The molecule has 0 aliphatic carbocycles. The van der Waals surface area contributed by atoms with Gasteiger partial charge < -0.3 is 5.02 Å². The Hall–Kier alpha value is -1.54. The van der Waals surface area contributed by atoms with Gasteiger partial charge in [0.2, 0.25) is 0 Å². The van der Waals surface area contributed by atoms with Gasteiger partial charge in [-0.2, -0.15) is 0 Å². The molecule has 0 aliphatic heterocycles. The van der Waals surface area contributed by atoms with E-state index in [-0.39, 0.29) is 0 Å². The van der Waals surface area contributed by atoms with Crippen LogP contribution in [-0.4, -0.2) is 11.9 Å². The highest BCUT2D eigenvalue weighted by Crippen LogP contribution is 2.07. The Bertz CT molecular complexity index is 274. The molecule has 0 saturated carbocycles. The fourth-order valence-electron chi connectivity index (χ4n) is 0.826. The Labute approximate surface area is 93.6 Å². The van der Waals surface area contributed by atoms with Gasteiger partial charge in [0.25, 0.3) is 0 Å². The maximum Gasteiger partial charge on any atom is 0.357 e. The van der Waals surface area contributed by atoms with Crippen LogP contribution in [0.15, 0.2) is 74.2 Å². The van der Waals surface area contributed by atoms with E-state index in [4.69, 9.17) is 0 Å². The largest absolute Gasteiger partial charge is 0.443 e. The molecule has 0 rings (SSSR count). The summed E-state index contributed by atoms with van der Waals surface area (Å²) in [6, 6.07) is 0. The van der Waals surface area contributed by atoms with Crippen molar-refractivity contribution in [1.29, 1.82) is 0 Å². The molecule has 0 aromatic carbocycles. The average molecular weight is 202 g/mol. The molecule has 0 unspecified atom stereocenters. The summed E-state index contributed by atoms with van der Waals surface area (Å²) >= 11 is 0. The molecule has 0 amide bonds. The first-order valence-electron chi connectivity index (χ1n) is 4.61. The summed E-state index contributed by atoms with van der Waals surface area (Å²) in [5.41, 5.74) is 1.25. The number of hydrogen-bond donors (Lipinski definition) is 1. The van der Waals surface area contributed by atoms with Crippen LogP contribution in [0.2, 0.25) is 0 Å². The van der Waals surface area contributed by atoms with Gasteiger partial charge in [-0.1, -0.05) is 47.9 Å². The lowest BCUT2D eigenvalue weighted by Crippen LogP contribution is -2.16. The number of allylic oxidation sites excluding steroid dienone is 7. The minimum atomic E-state index is -0.701. The first-order valence-corrected chi connectivity index (χ1v) is 4.61. The molecule has 15 heavy (non-hydrogen) atoms. The first-order chi connectivity index (χ1) is 7.13. The van der Waals surface area contributed by atoms with Gasteiger partial charge in [-0.15, -0.1) is 26.3 Å². The smallest absolute Gasteiger partial charge is 0.357 e. The van der Waals surface area contributed by atoms with Crippen LogP contribution in [0.4, 0.5) is 0 Å². The van der Waals surface area contributed by atoms with Crippen LogP contribution in [0.1, 0.15) is 6.92 Å². The minimum absolute atomic E-state index is 0.614. The van der Waals surface area contributed by atoms with Crippen molar-refractivity contribution in [2.24, 2.45) is 0 Å². The quantitative estimate of drug-likeness (QED) is 0.412. The molecule has 1 nitrogen and oxygen atoms in total. The third-order valence-electron chi connectivity index (χ3n) is 1.53. The molecule has 80 valence electrons. The molecule has 2 heteroatoms. The second-order valence-corrected chi connectivity index (χ2v) is 2.65. The van der Waals surface area contributed by atoms with Crippen molar-refractivity contribution in [2.75, 3.05) is 0 Å². The molecule has 0 aliphatic rings. The molecule has 0 spiro atoms. The molecule has 0 aromatic rings. The number of rotatable bonds is 5. The van der Waals surface area contributed by atoms with Crippen LogP contribution in [0.3, 0.4) is 0 Å². The molecule has 0 saturated heterocycles. The summed E-state index contributed by atoms with van der Waals surface area (Å²) in [4.78, 5) is 0. The Morgan fingerprint density at radius 1 is 1.13 bits per heavy atom. The standard InChI is InChI=1S/C11H15BO.C2H4/c1-5-7-9-11(4)12(13)10(3)8-6-2;1-2/h5-9,13H,1,3-4H2,2H3;1-2H2/b8-6-,9-7-;. The van der Waals surface area contributed by atoms with E-state index in [9.17, 15) is 5.02 Å². The average Bonchev–Trinajstić information content (AvgIpc) is 2.27. The fourth-order valence-corrected chi connectivity index (χ4v) is 0.826. The highest BCUT2D eigenvalue weighted by atomic mass is 16.2. The second-order valence-electron chi connectivity index (χ2n) is 2.65. The molecular weight excluding hydrogens is 183 g/mol. The Morgan fingerprint density at radius 2 is 1.60 bits per heavy atom. The van der Waals surface area contributed by atoms with E-state index in [1.54, 1.807) is 24.3 Å². The van der Waals surface area contributed by atoms with Crippen molar-refractivity contribution in [1.82, 2.24) is 0 Å². The van der Waals surface area contributed by atoms with Crippen LogP contribution in [0, 0.1) is 0 Å². The van der Waals surface area contributed by atoms with Crippen molar-refractivity contribution in [3.8, 4) is 0 Å². The molecular formula is C13H19BO. The topological polar surface area (TPSA) is 20.2 Å². The summed E-state index contributed by atoms with van der Waals surface area (Å²) in [6.07, 6.45) is 8.67. The van der Waals surface area contributed by atoms with E-state index < -0.39 is 6.92 Å². The zero-order valence-corrected chi connectivity index (χ0v) is 9.45. The van der Waals surface area contributed by atoms with Crippen LogP contribution in [0.25, 0.3) is 0 Å². The van der Waals surface area contributed by atoms with Gasteiger partial charge in [0.05, 0.1) is 0 Å². The maximum atomic E-state index is 9.61. The van der Waals surface area contributed by atoms with Crippen molar-refractivity contribution < 1.29 is 5.02 Å². The van der Waals surface area contributed by atoms with Crippen molar-refractivity contribution in [2.45, 2.75) is 6.92 Å². The molecule has 0 heterocycles. The predicted molar refractivity (Wildman–Crippen MR) is 71.7 cm³/mol. The van der Waals surface area contributed by atoms with E-state index in [2.05, 4.69) is 32.9 Å². The lowest BCUT2D eigenvalue weighted by molar-refractivity contribution is 0.593. The van der Waals surface area contributed by atoms with Gasteiger partial charge in [-0.25, -0.2) is 0 Å². The van der Waals surface area contributed by atoms with Crippen LogP contribution < -0.4 is 0 Å². The molecule has 1 N–H and O–H groups in total. The van der Waals surface area contributed by atoms with Crippen molar-refractivity contribution in [3.63, 3.8) is 0 Å². The fraction of sp³-hybridized carbons (Fsp3) is 0.0769. The van der Waals surface area contributed by atoms with E-state index in [1.807, 2.05) is 13.0 Å². The Kier molecular flexibility index (Phi) is 11.2. The highest BCUT2D eigenvalue weighted by molar-refractivity contribution is 6.68. The lowest BCUT2D eigenvalue weighted by atomic mass is 9.55. The molecule has 0 radical (unpaired) electrons. The van der Waals surface area contributed by atoms with E-state index in [0.717, 1.165) is 0 Å². The summed E-state index contributed by atoms with van der Waals surface area (Å²) in [5, 5.41) is 9.61. The molecule has 0 atom stereocenters. The molecule has 0 bridgehead atoms. The van der Waals surface area contributed by atoms with E-state index in [1.165, 1.54) is 0 Å². The van der Waals surface area contributed by atoms with Gasteiger partial charge in [-0.05, 0) is 6.92 Å². The van der Waals surface area contributed by atoms with Gasteiger partial charge in [0.1, 0.15) is 0 Å². The van der Waals surface area contributed by atoms with Gasteiger partial charge >= 0.3 is 6.92 Å². The summed E-state index contributed by atoms with van der Waals surface area (Å²) < 4.78 is 0. The van der Waals surface area contributed by atoms with E-state index >= 15 is 0 Å². The maximum absolute atomic E-state index is 9.61. The minimum Gasteiger partial charge on any atom is -0.443 e. The van der Waals surface area contributed by atoms with Crippen molar-refractivity contribution in [3.05, 3.63) is 74.2 Å². The van der Waals surface area contributed by atoms with E-state index in [0.29, 0.717) is 10.9 Å². The van der Waals surface area contributed by atoms with Gasteiger partial charge in [0.15, 0.2) is 0 Å². The van der Waals surface area contributed by atoms with Crippen molar-refractivity contribution >= 4 is 6.92 Å². The lowest BCUT2D eigenvalue weighted by Gasteiger charge is -2.05. The normalized spacial score (nSPS) is 9.47. The first kappa shape index (κ1) is 15.9. The van der Waals surface area contributed by atoms with Crippen LogP contribution in [-0.2, 0) is 0 Å². The third kappa shape index (κ3) is 7.53. The second kappa shape index (κ2) is 10.5. The van der Waals surface area contributed by atoms with Crippen LogP contribution >= 0.6 is 0 Å². The molecule has 0 fully saturated rings. The highest BCUT2D eigenvalue weighted by Gasteiger charge is 2.14. The predicted octanol–water partition coefficient (Wildman–Crippen LogP) is 3.28.